The molecule has 1 nitrogen and oxygen atoms in total. The number of pyridine rings is 1. The molecule has 0 saturated carbocycles. The third-order valence-electron chi connectivity index (χ3n) is 2.10. The molecule has 88 valence electrons. The van der Waals surface area contributed by atoms with Gasteiger partial charge >= 0.3 is 0 Å². The van der Waals surface area contributed by atoms with Crippen molar-refractivity contribution in [2.45, 2.75) is 10.8 Å². The molecule has 0 amide bonds. The standard InChI is InChI=1S/C12H8BrCl2NS/c13-10-5-9(14)6-16-12(10)17-7-8-3-1-2-4-11(8)15/h1-6H,7H2. The average Bonchev–Trinajstić information content (AvgIpc) is 2.30. The van der Waals surface area contributed by atoms with Crippen LogP contribution in [0.25, 0.3) is 0 Å². The second kappa shape index (κ2) is 6.10. The summed E-state index contributed by atoms with van der Waals surface area (Å²) in [6, 6.07) is 9.64. The van der Waals surface area contributed by atoms with Gasteiger partial charge in [0.2, 0.25) is 0 Å². The number of nitrogens with zero attached hydrogens (tertiary/aromatic N) is 1. The van der Waals surface area contributed by atoms with Gasteiger partial charge in [0.15, 0.2) is 0 Å². The molecule has 17 heavy (non-hydrogen) atoms. The van der Waals surface area contributed by atoms with Crippen molar-refractivity contribution in [3.05, 3.63) is 56.6 Å². The normalized spacial score (nSPS) is 10.5. The zero-order valence-corrected chi connectivity index (χ0v) is 12.6. The fraction of sp³-hybridized carbons (Fsp3) is 0.0833. The fourth-order valence-electron chi connectivity index (χ4n) is 1.27. The summed E-state index contributed by atoms with van der Waals surface area (Å²) in [5.74, 6) is 0.785. The Morgan fingerprint density at radius 3 is 2.71 bits per heavy atom. The largest absolute Gasteiger partial charge is 0.247 e. The molecule has 0 aliphatic carbocycles. The van der Waals surface area contributed by atoms with E-state index in [2.05, 4.69) is 20.9 Å². The Morgan fingerprint density at radius 2 is 2.00 bits per heavy atom. The Labute approximate surface area is 123 Å². The van der Waals surface area contributed by atoms with Crippen LogP contribution >= 0.6 is 50.9 Å². The SMILES string of the molecule is Clc1cnc(SCc2ccccc2Cl)c(Br)c1. The quantitative estimate of drug-likeness (QED) is 0.684. The molecule has 0 aliphatic heterocycles. The Kier molecular flexibility index (Phi) is 4.74. The average molecular weight is 349 g/mol. The van der Waals surface area contributed by atoms with Crippen LogP contribution in [0.1, 0.15) is 5.56 Å². The number of halogens is 3. The van der Waals surface area contributed by atoms with E-state index in [0.29, 0.717) is 5.02 Å². The summed E-state index contributed by atoms with van der Waals surface area (Å²) < 4.78 is 0.905. The Morgan fingerprint density at radius 1 is 1.24 bits per heavy atom. The van der Waals surface area contributed by atoms with Crippen LogP contribution in [0, 0.1) is 0 Å². The summed E-state index contributed by atoms with van der Waals surface area (Å²) in [7, 11) is 0. The number of hydrogen-bond donors (Lipinski definition) is 0. The molecule has 0 fully saturated rings. The van der Waals surface area contributed by atoms with Gasteiger partial charge in [-0.15, -0.1) is 11.8 Å². The lowest BCUT2D eigenvalue weighted by molar-refractivity contribution is 1.11. The summed E-state index contributed by atoms with van der Waals surface area (Å²) in [5.41, 5.74) is 1.10. The van der Waals surface area contributed by atoms with Crippen molar-refractivity contribution in [2.24, 2.45) is 0 Å². The second-order valence-corrected chi connectivity index (χ2v) is 5.98. The highest BCUT2D eigenvalue weighted by atomic mass is 79.9. The third-order valence-corrected chi connectivity index (χ3v) is 4.59. The smallest absolute Gasteiger partial charge is 0.111 e. The second-order valence-electron chi connectivity index (χ2n) is 3.32. The van der Waals surface area contributed by atoms with Gasteiger partial charge in [0.05, 0.1) is 9.50 Å². The maximum atomic E-state index is 6.09. The first-order chi connectivity index (χ1) is 8.16. The van der Waals surface area contributed by atoms with Crippen molar-refractivity contribution >= 4 is 50.9 Å². The molecule has 0 radical (unpaired) electrons. The zero-order chi connectivity index (χ0) is 12.3. The van der Waals surface area contributed by atoms with E-state index in [1.807, 2.05) is 30.3 Å². The van der Waals surface area contributed by atoms with Gasteiger partial charge in [0.25, 0.3) is 0 Å². The highest BCUT2D eigenvalue weighted by molar-refractivity contribution is 9.10. The summed E-state index contributed by atoms with van der Waals surface area (Å²) in [6.45, 7) is 0. The van der Waals surface area contributed by atoms with Gasteiger partial charge in [0, 0.05) is 17.0 Å². The Balaban J connectivity index is 2.10. The number of rotatable bonds is 3. The van der Waals surface area contributed by atoms with Crippen LogP contribution in [-0.2, 0) is 5.75 Å². The van der Waals surface area contributed by atoms with E-state index in [0.717, 1.165) is 25.8 Å². The molecule has 0 aliphatic rings. The van der Waals surface area contributed by atoms with E-state index >= 15 is 0 Å². The lowest BCUT2D eigenvalue weighted by Gasteiger charge is -2.05. The summed E-state index contributed by atoms with van der Waals surface area (Å²) in [6.07, 6.45) is 1.64. The topological polar surface area (TPSA) is 12.9 Å². The van der Waals surface area contributed by atoms with Crippen molar-refractivity contribution in [2.75, 3.05) is 0 Å². The fourth-order valence-corrected chi connectivity index (χ4v) is 3.40. The van der Waals surface area contributed by atoms with E-state index in [1.54, 1.807) is 18.0 Å². The van der Waals surface area contributed by atoms with Crippen molar-refractivity contribution in [3.63, 3.8) is 0 Å². The molecule has 1 aromatic carbocycles. The van der Waals surface area contributed by atoms with Crippen LogP contribution in [0.2, 0.25) is 10.0 Å². The first-order valence-electron chi connectivity index (χ1n) is 4.84. The predicted molar refractivity (Wildman–Crippen MR) is 78.0 cm³/mol. The Bertz CT molecular complexity index is 534. The molecule has 2 rings (SSSR count). The molecule has 0 unspecified atom stereocenters. The van der Waals surface area contributed by atoms with Crippen LogP contribution in [0.4, 0.5) is 0 Å². The summed E-state index contributed by atoms with van der Waals surface area (Å²) in [5, 5.41) is 2.32. The maximum Gasteiger partial charge on any atom is 0.111 e. The predicted octanol–water partition coefficient (Wildman–Crippen LogP) is 5.44. The molecule has 0 N–H and O–H groups in total. The molecule has 2 aromatic rings. The molecule has 0 spiro atoms. The van der Waals surface area contributed by atoms with Gasteiger partial charge in [0.1, 0.15) is 5.03 Å². The minimum absolute atomic E-state index is 0.624. The summed E-state index contributed by atoms with van der Waals surface area (Å²) >= 11 is 17.0. The Hall–Kier alpha value is -0.220. The van der Waals surface area contributed by atoms with Gasteiger partial charge in [-0.25, -0.2) is 4.98 Å². The molecule has 1 aromatic heterocycles. The number of thioether (sulfide) groups is 1. The van der Waals surface area contributed by atoms with Crippen LogP contribution in [0.3, 0.4) is 0 Å². The van der Waals surface area contributed by atoms with Crippen LogP contribution in [0.5, 0.6) is 0 Å². The van der Waals surface area contributed by atoms with Gasteiger partial charge in [-0.2, -0.15) is 0 Å². The third kappa shape index (κ3) is 3.62. The van der Waals surface area contributed by atoms with Crippen LogP contribution < -0.4 is 0 Å². The molecule has 0 bridgehead atoms. The van der Waals surface area contributed by atoms with E-state index in [9.17, 15) is 0 Å². The maximum absolute atomic E-state index is 6.09. The number of benzene rings is 1. The van der Waals surface area contributed by atoms with Gasteiger partial charge in [-0.05, 0) is 33.6 Å². The lowest BCUT2D eigenvalue weighted by Crippen LogP contribution is -1.85. The molecule has 1 heterocycles. The molecule has 0 saturated heterocycles. The van der Waals surface area contributed by atoms with Crippen LogP contribution in [0.15, 0.2) is 46.0 Å². The van der Waals surface area contributed by atoms with E-state index < -0.39 is 0 Å². The summed E-state index contributed by atoms with van der Waals surface area (Å²) in [4.78, 5) is 4.26. The number of hydrogen-bond acceptors (Lipinski definition) is 2. The molecule has 5 heteroatoms. The van der Waals surface area contributed by atoms with Crippen molar-refractivity contribution in [1.29, 1.82) is 0 Å². The van der Waals surface area contributed by atoms with E-state index in [1.165, 1.54) is 0 Å². The van der Waals surface area contributed by atoms with Crippen molar-refractivity contribution in [1.82, 2.24) is 4.98 Å². The zero-order valence-electron chi connectivity index (χ0n) is 8.66. The first-order valence-corrected chi connectivity index (χ1v) is 7.37. The molecular weight excluding hydrogens is 341 g/mol. The van der Waals surface area contributed by atoms with Gasteiger partial charge in [-0.3, -0.25) is 0 Å². The van der Waals surface area contributed by atoms with E-state index in [-0.39, 0.29) is 0 Å². The van der Waals surface area contributed by atoms with Crippen molar-refractivity contribution < 1.29 is 0 Å². The number of aromatic nitrogens is 1. The van der Waals surface area contributed by atoms with Crippen molar-refractivity contribution in [3.8, 4) is 0 Å². The molecule has 0 atom stereocenters. The van der Waals surface area contributed by atoms with Crippen LogP contribution in [-0.4, -0.2) is 4.98 Å². The first kappa shape index (κ1) is 13.2. The van der Waals surface area contributed by atoms with Gasteiger partial charge < -0.3 is 0 Å². The monoisotopic (exact) mass is 347 g/mol. The van der Waals surface area contributed by atoms with E-state index in [4.69, 9.17) is 23.2 Å². The highest BCUT2D eigenvalue weighted by Gasteiger charge is 2.05. The highest BCUT2D eigenvalue weighted by Crippen LogP contribution is 2.31. The van der Waals surface area contributed by atoms with Gasteiger partial charge in [-0.1, -0.05) is 41.4 Å². The molecular formula is C12H8BrCl2NS. The minimum atomic E-state index is 0.624. The lowest BCUT2D eigenvalue weighted by atomic mass is 10.2. The minimum Gasteiger partial charge on any atom is -0.247 e.